The van der Waals surface area contributed by atoms with Gasteiger partial charge >= 0.3 is 0 Å². The van der Waals surface area contributed by atoms with E-state index in [-0.39, 0.29) is 18.9 Å². The Morgan fingerprint density at radius 3 is 2.50 bits per heavy atom. The number of rotatable bonds is 12. The molecule has 0 spiro atoms. The first-order valence-corrected chi connectivity index (χ1v) is 9.52. The van der Waals surface area contributed by atoms with Crippen molar-refractivity contribution in [2.75, 3.05) is 32.9 Å². The molecule has 0 saturated carbocycles. The number of benzene rings is 2. The van der Waals surface area contributed by atoms with Gasteiger partial charge in [0.15, 0.2) is 0 Å². The Hall–Kier alpha value is -2.86. The quantitative estimate of drug-likeness (QED) is 0.571. The zero-order chi connectivity index (χ0) is 20.2. The van der Waals surface area contributed by atoms with Crippen LogP contribution in [0.25, 0.3) is 0 Å². The van der Waals surface area contributed by atoms with Gasteiger partial charge in [-0.3, -0.25) is 9.59 Å². The molecule has 0 fully saturated rings. The molecule has 28 heavy (non-hydrogen) atoms. The molecule has 0 aliphatic heterocycles. The van der Waals surface area contributed by atoms with E-state index in [0.717, 1.165) is 5.56 Å². The van der Waals surface area contributed by atoms with Crippen molar-refractivity contribution in [2.24, 2.45) is 5.73 Å². The molecule has 2 amide bonds. The summed E-state index contributed by atoms with van der Waals surface area (Å²) in [6.07, 6.45) is 0.834. The highest BCUT2D eigenvalue weighted by Gasteiger charge is 2.17. The summed E-state index contributed by atoms with van der Waals surface area (Å²) in [6, 6.07) is 17.0. The lowest BCUT2D eigenvalue weighted by Crippen LogP contribution is -2.35. The van der Waals surface area contributed by atoms with E-state index in [4.69, 9.17) is 15.2 Å². The number of amides is 2. The molecule has 150 valence electrons. The van der Waals surface area contributed by atoms with Gasteiger partial charge in [0.25, 0.3) is 5.91 Å². The predicted octanol–water partition coefficient (Wildman–Crippen LogP) is 2.66. The smallest absolute Gasteiger partial charge is 0.254 e. The molecule has 0 bridgehead atoms. The first-order chi connectivity index (χ1) is 13.6. The minimum absolute atomic E-state index is 0.130. The van der Waals surface area contributed by atoms with E-state index in [2.05, 4.69) is 0 Å². The van der Waals surface area contributed by atoms with Crippen molar-refractivity contribution in [3.05, 3.63) is 65.7 Å². The SMILES string of the molecule is CCOCCOc1cccc(C(=O)N(CCC(N)=O)CCc2ccccc2)c1. The first-order valence-electron chi connectivity index (χ1n) is 9.52. The fourth-order valence-electron chi connectivity index (χ4n) is 2.73. The zero-order valence-electron chi connectivity index (χ0n) is 16.3. The van der Waals surface area contributed by atoms with Gasteiger partial charge in [-0.2, -0.15) is 0 Å². The van der Waals surface area contributed by atoms with E-state index in [9.17, 15) is 9.59 Å². The third-order valence-electron chi connectivity index (χ3n) is 4.21. The highest BCUT2D eigenvalue weighted by atomic mass is 16.5. The van der Waals surface area contributed by atoms with Crippen LogP contribution in [-0.2, 0) is 16.0 Å². The number of carbonyl (C=O) groups excluding carboxylic acids is 2. The summed E-state index contributed by atoms with van der Waals surface area (Å²) in [5.74, 6) is 0.0430. The molecule has 6 heteroatoms. The van der Waals surface area contributed by atoms with E-state index in [1.807, 2.05) is 37.3 Å². The second-order valence-corrected chi connectivity index (χ2v) is 6.32. The molecule has 2 rings (SSSR count). The molecule has 2 aromatic rings. The van der Waals surface area contributed by atoms with Crippen molar-refractivity contribution in [1.82, 2.24) is 4.90 Å². The molecule has 2 aromatic carbocycles. The van der Waals surface area contributed by atoms with E-state index in [0.29, 0.717) is 44.1 Å². The van der Waals surface area contributed by atoms with Gasteiger partial charge in [-0.25, -0.2) is 0 Å². The molecule has 0 saturated heterocycles. The van der Waals surface area contributed by atoms with Crippen LogP contribution in [0.1, 0.15) is 29.3 Å². The molecule has 0 heterocycles. The number of nitrogens with zero attached hydrogens (tertiary/aromatic N) is 1. The molecular weight excluding hydrogens is 356 g/mol. The molecule has 0 aliphatic carbocycles. The van der Waals surface area contributed by atoms with Gasteiger partial charge in [-0.1, -0.05) is 36.4 Å². The summed E-state index contributed by atoms with van der Waals surface area (Å²) < 4.78 is 10.9. The van der Waals surface area contributed by atoms with Crippen molar-refractivity contribution < 1.29 is 19.1 Å². The topological polar surface area (TPSA) is 81.9 Å². The first kappa shape index (κ1) is 21.4. The van der Waals surface area contributed by atoms with Crippen molar-refractivity contribution in [3.63, 3.8) is 0 Å². The number of primary amides is 1. The molecule has 0 unspecified atom stereocenters. The maximum absolute atomic E-state index is 13.0. The Morgan fingerprint density at radius 2 is 1.79 bits per heavy atom. The number of hydrogen-bond acceptors (Lipinski definition) is 4. The lowest BCUT2D eigenvalue weighted by Gasteiger charge is -2.22. The Morgan fingerprint density at radius 1 is 1.00 bits per heavy atom. The Balaban J connectivity index is 2.04. The maximum Gasteiger partial charge on any atom is 0.254 e. The summed E-state index contributed by atoms with van der Waals surface area (Å²) in [5.41, 5.74) is 6.93. The second-order valence-electron chi connectivity index (χ2n) is 6.32. The Labute approximate surface area is 166 Å². The third kappa shape index (κ3) is 7.40. The Kier molecular flexibility index (Phi) is 9.01. The van der Waals surface area contributed by atoms with E-state index in [1.165, 1.54) is 0 Å². The van der Waals surface area contributed by atoms with Gasteiger partial charge in [0.2, 0.25) is 5.91 Å². The molecule has 6 nitrogen and oxygen atoms in total. The molecule has 0 atom stereocenters. The second kappa shape index (κ2) is 11.8. The van der Waals surface area contributed by atoms with E-state index < -0.39 is 5.91 Å². The predicted molar refractivity (Wildman–Crippen MR) is 108 cm³/mol. The number of hydrogen-bond donors (Lipinski definition) is 1. The summed E-state index contributed by atoms with van der Waals surface area (Å²) in [6.45, 7) is 4.27. The van der Waals surface area contributed by atoms with Crippen LogP contribution in [0.15, 0.2) is 54.6 Å². The average molecular weight is 384 g/mol. The molecule has 0 radical (unpaired) electrons. The van der Waals surface area contributed by atoms with Crippen LogP contribution in [0, 0.1) is 0 Å². The number of carbonyl (C=O) groups is 2. The highest BCUT2D eigenvalue weighted by Crippen LogP contribution is 2.16. The van der Waals surface area contributed by atoms with Crippen LogP contribution < -0.4 is 10.5 Å². The third-order valence-corrected chi connectivity index (χ3v) is 4.21. The Bertz CT molecular complexity index is 749. The van der Waals surface area contributed by atoms with Crippen molar-refractivity contribution in [3.8, 4) is 5.75 Å². The summed E-state index contributed by atoms with van der Waals surface area (Å²) in [7, 11) is 0. The van der Waals surface area contributed by atoms with Gasteiger partial charge in [0.1, 0.15) is 12.4 Å². The fourth-order valence-corrected chi connectivity index (χ4v) is 2.73. The molecule has 0 aromatic heterocycles. The molecule has 0 aliphatic rings. The van der Waals surface area contributed by atoms with E-state index in [1.54, 1.807) is 29.2 Å². The van der Waals surface area contributed by atoms with Gasteiger partial charge in [0.05, 0.1) is 6.61 Å². The standard InChI is InChI=1S/C22H28N2O4/c1-2-27-15-16-28-20-10-6-9-19(17-20)22(26)24(14-12-21(23)25)13-11-18-7-4-3-5-8-18/h3-10,17H,2,11-16H2,1H3,(H2,23,25). The van der Waals surface area contributed by atoms with Crippen LogP contribution >= 0.6 is 0 Å². The van der Waals surface area contributed by atoms with Crippen LogP contribution in [0.5, 0.6) is 5.75 Å². The lowest BCUT2D eigenvalue weighted by molar-refractivity contribution is -0.118. The summed E-state index contributed by atoms with van der Waals surface area (Å²) in [4.78, 5) is 25.9. The number of nitrogens with two attached hydrogens (primary N) is 1. The summed E-state index contributed by atoms with van der Waals surface area (Å²) >= 11 is 0. The summed E-state index contributed by atoms with van der Waals surface area (Å²) in [5, 5.41) is 0. The minimum Gasteiger partial charge on any atom is -0.491 e. The fraction of sp³-hybridized carbons (Fsp3) is 0.364. The van der Waals surface area contributed by atoms with Gasteiger partial charge in [0, 0.05) is 31.7 Å². The minimum atomic E-state index is -0.425. The number of ether oxygens (including phenoxy) is 2. The van der Waals surface area contributed by atoms with Gasteiger partial charge in [-0.15, -0.1) is 0 Å². The highest BCUT2D eigenvalue weighted by molar-refractivity contribution is 5.94. The van der Waals surface area contributed by atoms with E-state index >= 15 is 0 Å². The van der Waals surface area contributed by atoms with Crippen LogP contribution in [0.4, 0.5) is 0 Å². The maximum atomic E-state index is 13.0. The van der Waals surface area contributed by atoms with Crippen LogP contribution in [-0.4, -0.2) is 49.6 Å². The molecule has 2 N–H and O–H groups in total. The van der Waals surface area contributed by atoms with Crippen LogP contribution in [0.3, 0.4) is 0 Å². The zero-order valence-corrected chi connectivity index (χ0v) is 16.3. The van der Waals surface area contributed by atoms with Crippen molar-refractivity contribution in [2.45, 2.75) is 19.8 Å². The van der Waals surface area contributed by atoms with Crippen molar-refractivity contribution in [1.29, 1.82) is 0 Å². The van der Waals surface area contributed by atoms with Crippen molar-refractivity contribution >= 4 is 11.8 Å². The van der Waals surface area contributed by atoms with Gasteiger partial charge < -0.3 is 20.1 Å². The largest absolute Gasteiger partial charge is 0.491 e. The lowest BCUT2D eigenvalue weighted by atomic mass is 10.1. The van der Waals surface area contributed by atoms with Crippen LogP contribution in [0.2, 0.25) is 0 Å². The van der Waals surface area contributed by atoms with Gasteiger partial charge in [-0.05, 0) is 37.1 Å². The average Bonchev–Trinajstić information content (AvgIpc) is 2.71. The monoisotopic (exact) mass is 384 g/mol. The normalized spacial score (nSPS) is 10.5. The molecular formula is C22H28N2O4.